The molecule has 1 aromatic heterocycles. The second-order valence-corrected chi connectivity index (χ2v) is 5.20. The van der Waals surface area contributed by atoms with Gasteiger partial charge in [0, 0.05) is 18.4 Å². The summed E-state index contributed by atoms with van der Waals surface area (Å²) in [5.41, 5.74) is 3.12. The molecule has 114 valence electrons. The number of nitrogens with one attached hydrogen (secondary N) is 1. The van der Waals surface area contributed by atoms with Crippen molar-refractivity contribution in [3.05, 3.63) is 47.0 Å². The molecule has 2 aromatic rings. The van der Waals surface area contributed by atoms with Gasteiger partial charge in [0.05, 0.1) is 12.2 Å². The lowest BCUT2D eigenvalue weighted by atomic mass is 10.1. The van der Waals surface area contributed by atoms with Crippen LogP contribution in [0.3, 0.4) is 0 Å². The van der Waals surface area contributed by atoms with Crippen molar-refractivity contribution in [1.29, 1.82) is 0 Å². The Bertz CT molecular complexity index is 735. The zero-order valence-corrected chi connectivity index (χ0v) is 12.0. The maximum absolute atomic E-state index is 13.1. The highest BCUT2D eigenvalue weighted by Crippen LogP contribution is 2.22. The SMILES string of the molecule is Cc1cc(F)ccc1Nc1ncc2c(n1)CN(C(=O)O)CC2. The molecule has 1 aliphatic heterocycles. The van der Waals surface area contributed by atoms with E-state index in [0.29, 0.717) is 30.3 Å². The molecule has 0 bridgehead atoms. The van der Waals surface area contributed by atoms with Crippen molar-refractivity contribution in [2.24, 2.45) is 0 Å². The lowest BCUT2D eigenvalue weighted by molar-refractivity contribution is 0.139. The van der Waals surface area contributed by atoms with Crippen molar-refractivity contribution in [1.82, 2.24) is 14.9 Å². The van der Waals surface area contributed by atoms with Crippen LogP contribution in [0.4, 0.5) is 20.8 Å². The molecule has 1 aliphatic rings. The van der Waals surface area contributed by atoms with Crippen molar-refractivity contribution in [3.8, 4) is 0 Å². The number of rotatable bonds is 2. The number of fused-ring (bicyclic) bond motifs is 1. The maximum atomic E-state index is 13.1. The fourth-order valence-electron chi connectivity index (χ4n) is 2.41. The average molecular weight is 302 g/mol. The van der Waals surface area contributed by atoms with Crippen LogP contribution >= 0.6 is 0 Å². The highest BCUT2D eigenvalue weighted by Gasteiger charge is 2.21. The van der Waals surface area contributed by atoms with E-state index in [2.05, 4.69) is 15.3 Å². The van der Waals surface area contributed by atoms with Gasteiger partial charge in [-0.2, -0.15) is 0 Å². The number of nitrogens with zero attached hydrogens (tertiary/aromatic N) is 3. The van der Waals surface area contributed by atoms with Gasteiger partial charge in [-0.15, -0.1) is 0 Å². The van der Waals surface area contributed by atoms with Gasteiger partial charge in [0.15, 0.2) is 0 Å². The normalized spacial score (nSPS) is 13.6. The Hall–Kier alpha value is -2.70. The summed E-state index contributed by atoms with van der Waals surface area (Å²) in [6.45, 7) is 2.50. The summed E-state index contributed by atoms with van der Waals surface area (Å²) in [5.74, 6) is 0.0761. The summed E-state index contributed by atoms with van der Waals surface area (Å²) in [6, 6.07) is 4.41. The summed E-state index contributed by atoms with van der Waals surface area (Å²) in [5, 5.41) is 12.1. The van der Waals surface area contributed by atoms with Gasteiger partial charge in [-0.25, -0.2) is 19.2 Å². The van der Waals surface area contributed by atoms with E-state index in [1.165, 1.54) is 17.0 Å². The van der Waals surface area contributed by atoms with Crippen LogP contribution in [0.5, 0.6) is 0 Å². The summed E-state index contributed by atoms with van der Waals surface area (Å²) < 4.78 is 13.1. The Kier molecular flexibility index (Phi) is 3.62. The number of hydrogen-bond acceptors (Lipinski definition) is 4. The molecule has 6 nitrogen and oxygen atoms in total. The van der Waals surface area contributed by atoms with Crippen molar-refractivity contribution in [2.75, 3.05) is 11.9 Å². The first-order valence-electron chi connectivity index (χ1n) is 6.89. The number of carboxylic acid groups (broad SMARTS) is 1. The van der Waals surface area contributed by atoms with Crippen molar-refractivity contribution in [3.63, 3.8) is 0 Å². The summed E-state index contributed by atoms with van der Waals surface area (Å²) >= 11 is 0. The van der Waals surface area contributed by atoms with E-state index < -0.39 is 6.09 Å². The molecule has 1 amide bonds. The van der Waals surface area contributed by atoms with Gasteiger partial charge in [-0.05, 0) is 42.7 Å². The van der Waals surface area contributed by atoms with E-state index in [4.69, 9.17) is 5.11 Å². The Morgan fingerprint density at radius 2 is 2.27 bits per heavy atom. The largest absolute Gasteiger partial charge is 0.465 e. The summed E-state index contributed by atoms with van der Waals surface area (Å²) in [6.07, 6.45) is 1.37. The van der Waals surface area contributed by atoms with Gasteiger partial charge >= 0.3 is 6.09 Å². The molecule has 0 radical (unpaired) electrons. The number of hydrogen-bond donors (Lipinski definition) is 2. The standard InChI is InChI=1S/C15H15FN4O2/c1-9-6-11(16)2-3-12(9)18-14-17-7-10-4-5-20(15(21)22)8-13(10)19-14/h2-3,6-7H,4-5,8H2,1H3,(H,21,22)(H,17,18,19). The van der Waals surface area contributed by atoms with Gasteiger partial charge in [0.1, 0.15) is 5.82 Å². The molecule has 1 aromatic carbocycles. The van der Waals surface area contributed by atoms with Gasteiger partial charge in [0.2, 0.25) is 5.95 Å². The van der Waals surface area contributed by atoms with E-state index in [-0.39, 0.29) is 12.4 Å². The molecule has 22 heavy (non-hydrogen) atoms. The number of benzene rings is 1. The quantitative estimate of drug-likeness (QED) is 0.891. The van der Waals surface area contributed by atoms with E-state index >= 15 is 0 Å². The Morgan fingerprint density at radius 1 is 1.45 bits per heavy atom. The third-order valence-corrected chi connectivity index (χ3v) is 3.65. The predicted molar refractivity (Wildman–Crippen MR) is 78.6 cm³/mol. The minimum atomic E-state index is -0.951. The summed E-state index contributed by atoms with van der Waals surface area (Å²) in [4.78, 5) is 21.0. The van der Waals surface area contributed by atoms with Gasteiger partial charge < -0.3 is 15.3 Å². The molecule has 0 atom stereocenters. The topological polar surface area (TPSA) is 78.4 Å². The summed E-state index contributed by atoms with van der Waals surface area (Å²) in [7, 11) is 0. The first kappa shape index (κ1) is 14.2. The molecular formula is C15H15FN4O2. The van der Waals surface area contributed by atoms with Crippen molar-refractivity contribution >= 4 is 17.7 Å². The fourth-order valence-corrected chi connectivity index (χ4v) is 2.41. The smallest absolute Gasteiger partial charge is 0.407 e. The van der Waals surface area contributed by atoms with Crippen molar-refractivity contribution < 1.29 is 14.3 Å². The molecule has 3 rings (SSSR count). The molecule has 0 spiro atoms. The number of aromatic nitrogens is 2. The highest BCUT2D eigenvalue weighted by atomic mass is 19.1. The second-order valence-electron chi connectivity index (χ2n) is 5.20. The first-order valence-corrected chi connectivity index (χ1v) is 6.89. The molecule has 2 N–H and O–H groups in total. The number of aryl methyl sites for hydroxylation is 1. The van der Waals surface area contributed by atoms with Crippen LogP contribution in [-0.4, -0.2) is 32.6 Å². The number of anilines is 2. The monoisotopic (exact) mass is 302 g/mol. The molecule has 2 heterocycles. The fraction of sp³-hybridized carbons (Fsp3) is 0.267. The highest BCUT2D eigenvalue weighted by molar-refractivity contribution is 5.65. The van der Waals surface area contributed by atoms with Gasteiger partial charge in [-0.3, -0.25) is 0 Å². The van der Waals surface area contributed by atoms with Crippen LogP contribution in [-0.2, 0) is 13.0 Å². The second kappa shape index (κ2) is 5.59. The Labute approximate surface area is 126 Å². The van der Waals surface area contributed by atoms with E-state index in [1.807, 2.05) is 0 Å². The Balaban J connectivity index is 1.84. The molecule has 0 aliphatic carbocycles. The zero-order chi connectivity index (χ0) is 15.7. The van der Waals surface area contributed by atoms with E-state index in [0.717, 1.165) is 11.1 Å². The minimum absolute atomic E-state index is 0.254. The molecule has 0 unspecified atom stereocenters. The zero-order valence-electron chi connectivity index (χ0n) is 12.0. The molecular weight excluding hydrogens is 287 g/mol. The lowest BCUT2D eigenvalue weighted by Crippen LogP contribution is -2.35. The first-order chi connectivity index (χ1) is 10.5. The average Bonchev–Trinajstić information content (AvgIpc) is 2.49. The molecule has 0 saturated carbocycles. The predicted octanol–water partition coefficient (Wildman–Crippen LogP) is 2.70. The number of carbonyl (C=O) groups is 1. The van der Waals surface area contributed by atoms with E-state index in [9.17, 15) is 9.18 Å². The number of halogens is 1. The minimum Gasteiger partial charge on any atom is -0.465 e. The lowest BCUT2D eigenvalue weighted by Gasteiger charge is -2.25. The third kappa shape index (κ3) is 2.83. The van der Waals surface area contributed by atoms with Crippen LogP contribution in [0.25, 0.3) is 0 Å². The molecule has 0 fully saturated rings. The maximum Gasteiger partial charge on any atom is 0.407 e. The third-order valence-electron chi connectivity index (χ3n) is 3.65. The van der Waals surface area contributed by atoms with Crippen molar-refractivity contribution in [2.45, 2.75) is 19.9 Å². The van der Waals surface area contributed by atoms with Crippen LogP contribution in [0.2, 0.25) is 0 Å². The molecule has 7 heteroatoms. The van der Waals surface area contributed by atoms with Gasteiger partial charge in [-0.1, -0.05) is 0 Å². The van der Waals surface area contributed by atoms with Crippen LogP contribution in [0.1, 0.15) is 16.8 Å². The van der Waals surface area contributed by atoms with E-state index in [1.54, 1.807) is 19.2 Å². The molecule has 0 saturated heterocycles. The Morgan fingerprint density at radius 3 is 3.00 bits per heavy atom. The van der Waals surface area contributed by atoms with Crippen LogP contribution in [0, 0.1) is 12.7 Å². The van der Waals surface area contributed by atoms with Gasteiger partial charge in [0.25, 0.3) is 0 Å². The van der Waals surface area contributed by atoms with Crippen LogP contribution in [0.15, 0.2) is 24.4 Å². The van der Waals surface area contributed by atoms with Crippen LogP contribution < -0.4 is 5.32 Å². The number of amides is 1.